The monoisotopic (exact) mass is 345 g/mol. The highest BCUT2D eigenvalue weighted by atomic mass is 16.7. The molecule has 0 radical (unpaired) electrons. The quantitative estimate of drug-likeness (QED) is 0.382. The number of aromatic nitrogens is 2. The van der Waals surface area contributed by atoms with Crippen molar-refractivity contribution in [1.82, 2.24) is 14.6 Å². The number of nitrogens with zero attached hydrogens (tertiary/aromatic N) is 2. The first-order valence-corrected chi connectivity index (χ1v) is 7.53. The van der Waals surface area contributed by atoms with Gasteiger partial charge in [-0.1, -0.05) is 0 Å². The van der Waals surface area contributed by atoms with Crippen LogP contribution in [0.1, 0.15) is 11.8 Å². The molecule has 24 heavy (non-hydrogen) atoms. The lowest BCUT2D eigenvalue weighted by atomic mass is 10.1. The third kappa shape index (κ3) is 4.29. The van der Waals surface area contributed by atoms with Crippen LogP contribution in [0.4, 0.5) is 0 Å². The van der Waals surface area contributed by atoms with Crippen LogP contribution in [0.25, 0.3) is 0 Å². The fourth-order valence-electron chi connectivity index (χ4n) is 2.35. The minimum absolute atomic E-state index is 0.0304. The molecule has 0 unspecified atom stereocenters. The molecular formula is C14H23N3O7. The topological polar surface area (TPSA) is 126 Å². The largest absolute Gasteiger partial charge is 0.387 e. The molecule has 1 aliphatic rings. The lowest BCUT2D eigenvalue weighted by Crippen LogP contribution is -2.38. The zero-order chi connectivity index (χ0) is 17.9. The minimum atomic E-state index is -1.32. The average Bonchev–Trinajstić information content (AvgIpc) is 2.78. The molecule has 0 aromatic carbocycles. The fraction of sp³-hybridized carbons (Fsp3) is 0.714. The fourth-order valence-corrected chi connectivity index (χ4v) is 2.35. The van der Waals surface area contributed by atoms with E-state index in [-0.39, 0.29) is 13.2 Å². The molecule has 1 aliphatic heterocycles. The maximum atomic E-state index is 11.9. The summed E-state index contributed by atoms with van der Waals surface area (Å²) in [5.74, 6) is 0. The Hall–Kier alpha value is -1.56. The van der Waals surface area contributed by atoms with Crippen molar-refractivity contribution >= 4 is 0 Å². The molecule has 1 fully saturated rings. The Morgan fingerprint density at radius 1 is 1.29 bits per heavy atom. The Bertz CT molecular complexity index is 657. The van der Waals surface area contributed by atoms with Gasteiger partial charge in [-0.2, -0.15) is 5.06 Å². The summed E-state index contributed by atoms with van der Waals surface area (Å²) in [5, 5.41) is 21.7. The first-order chi connectivity index (χ1) is 11.3. The summed E-state index contributed by atoms with van der Waals surface area (Å²) in [5.41, 5.74) is -0.937. The molecule has 0 amide bonds. The van der Waals surface area contributed by atoms with Crippen LogP contribution in [0.3, 0.4) is 0 Å². The van der Waals surface area contributed by atoms with Crippen LogP contribution in [0.2, 0.25) is 0 Å². The third-order valence-electron chi connectivity index (χ3n) is 3.62. The number of aliphatic hydroxyl groups is 2. The van der Waals surface area contributed by atoms with Crippen LogP contribution < -0.4 is 11.2 Å². The van der Waals surface area contributed by atoms with Crippen LogP contribution in [-0.2, 0) is 14.3 Å². The Balaban J connectivity index is 1.99. The van der Waals surface area contributed by atoms with Crippen molar-refractivity contribution in [3.05, 3.63) is 32.6 Å². The second-order valence-corrected chi connectivity index (χ2v) is 5.75. The van der Waals surface area contributed by atoms with E-state index in [2.05, 4.69) is 4.98 Å². The van der Waals surface area contributed by atoms with E-state index in [9.17, 15) is 19.8 Å². The zero-order valence-corrected chi connectivity index (χ0v) is 13.8. The predicted octanol–water partition coefficient (Wildman–Crippen LogP) is -2.03. The molecule has 2 heterocycles. The second-order valence-electron chi connectivity index (χ2n) is 5.75. The van der Waals surface area contributed by atoms with Gasteiger partial charge in [0.05, 0.1) is 19.8 Å². The summed E-state index contributed by atoms with van der Waals surface area (Å²) in [4.78, 5) is 30.6. The van der Waals surface area contributed by atoms with Crippen LogP contribution in [0, 0.1) is 6.92 Å². The van der Waals surface area contributed by atoms with Gasteiger partial charge in [-0.15, -0.1) is 0 Å². The minimum Gasteiger partial charge on any atom is -0.387 e. The number of aryl methyl sites for hydroxylation is 1. The van der Waals surface area contributed by atoms with Crippen molar-refractivity contribution < 1.29 is 24.5 Å². The van der Waals surface area contributed by atoms with Crippen molar-refractivity contribution in [2.24, 2.45) is 0 Å². The lowest BCUT2D eigenvalue weighted by molar-refractivity contribution is -0.141. The van der Waals surface area contributed by atoms with Crippen LogP contribution in [-0.4, -0.2) is 77.1 Å². The van der Waals surface area contributed by atoms with Gasteiger partial charge in [0.25, 0.3) is 5.56 Å². The van der Waals surface area contributed by atoms with E-state index in [1.54, 1.807) is 14.1 Å². The number of nitrogens with one attached hydrogen (secondary N) is 1. The van der Waals surface area contributed by atoms with Gasteiger partial charge in [-0.05, 0) is 6.92 Å². The van der Waals surface area contributed by atoms with Crippen LogP contribution in [0.15, 0.2) is 15.8 Å². The number of ether oxygens (including phenoxy) is 2. The SMILES string of the molecule is Cc1cn([C@@H]2O[C@H](COCCON(C)C)[C@@H](O)[C@@H]2O)c(=O)[nH]c1=O. The molecule has 2 rings (SSSR count). The number of H-pyrrole nitrogens is 1. The molecule has 10 heteroatoms. The number of hydrogen-bond donors (Lipinski definition) is 3. The Kier molecular flexibility index (Phi) is 6.27. The van der Waals surface area contributed by atoms with Gasteiger partial charge in [0.1, 0.15) is 18.3 Å². The number of hydrogen-bond acceptors (Lipinski definition) is 8. The molecule has 0 spiro atoms. The van der Waals surface area contributed by atoms with Crippen molar-refractivity contribution in [2.45, 2.75) is 31.5 Å². The molecular weight excluding hydrogens is 322 g/mol. The van der Waals surface area contributed by atoms with Gasteiger partial charge in [-0.3, -0.25) is 19.2 Å². The van der Waals surface area contributed by atoms with Crippen molar-refractivity contribution in [3.63, 3.8) is 0 Å². The van der Waals surface area contributed by atoms with Crippen molar-refractivity contribution in [3.8, 4) is 0 Å². The zero-order valence-electron chi connectivity index (χ0n) is 13.8. The molecule has 0 aliphatic carbocycles. The number of rotatable bonds is 7. The molecule has 0 bridgehead atoms. The molecule has 4 atom stereocenters. The first-order valence-electron chi connectivity index (χ1n) is 7.53. The molecule has 1 saturated heterocycles. The predicted molar refractivity (Wildman–Crippen MR) is 82.4 cm³/mol. The summed E-state index contributed by atoms with van der Waals surface area (Å²) in [6.07, 6.45) is -3.16. The van der Waals surface area contributed by atoms with Crippen molar-refractivity contribution in [1.29, 1.82) is 0 Å². The average molecular weight is 345 g/mol. The Labute approximate surface area is 138 Å². The lowest BCUT2D eigenvalue weighted by Gasteiger charge is -2.17. The molecule has 3 N–H and O–H groups in total. The van der Waals surface area contributed by atoms with E-state index in [1.807, 2.05) is 0 Å². The summed E-state index contributed by atoms with van der Waals surface area (Å²) >= 11 is 0. The maximum absolute atomic E-state index is 11.9. The summed E-state index contributed by atoms with van der Waals surface area (Å²) in [6, 6.07) is 0. The molecule has 0 saturated carbocycles. The summed E-state index contributed by atoms with van der Waals surface area (Å²) in [6.45, 7) is 2.17. The van der Waals surface area contributed by atoms with E-state index >= 15 is 0 Å². The molecule has 10 nitrogen and oxygen atoms in total. The second kappa shape index (κ2) is 8.01. The van der Waals surface area contributed by atoms with Gasteiger partial charge in [0.15, 0.2) is 6.23 Å². The first kappa shape index (κ1) is 18.8. The Morgan fingerprint density at radius 3 is 2.67 bits per heavy atom. The van der Waals surface area contributed by atoms with E-state index in [4.69, 9.17) is 14.3 Å². The maximum Gasteiger partial charge on any atom is 0.330 e. The van der Waals surface area contributed by atoms with Crippen molar-refractivity contribution in [2.75, 3.05) is 33.9 Å². The molecule has 136 valence electrons. The van der Waals surface area contributed by atoms with Gasteiger partial charge >= 0.3 is 5.69 Å². The highest BCUT2D eigenvalue weighted by Crippen LogP contribution is 2.28. The van der Waals surface area contributed by atoms with E-state index in [0.717, 1.165) is 4.57 Å². The van der Waals surface area contributed by atoms with E-state index in [0.29, 0.717) is 12.2 Å². The van der Waals surface area contributed by atoms with Crippen LogP contribution in [0.5, 0.6) is 0 Å². The highest BCUT2D eigenvalue weighted by molar-refractivity contribution is 5.03. The molecule has 1 aromatic rings. The van der Waals surface area contributed by atoms with E-state index in [1.165, 1.54) is 18.2 Å². The smallest absolute Gasteiger partial charge is 0.330 e. The number of aromatic amines is 1. The summed E-state index contributed by atoms with van der Waals surface area (Å²) < 4.78 is 11.9. The summed E-state index contributed by atoms with van der Waals surface area (Å²) in [7, 11) is 3.49. The highest BCUT2D eigenvalue weighted by Gasteiger charge is 2.44. The van der Waals surface area contributed by atoms with Gasteiger partial charge < -0.3 is 19.7 Å². The van der Waals surface area contributed by atoms with Crippen LogP contribution >= 0.6 is 0 Å². The van der Waals surface area contributed by atoms with Gasteiger partial charge in [-0.25, -0.2) is 4.79 Å². The molecule has 1 aromatic heterocycles. The normalized spacial score (nSPS) is 27.1. The van der Waals surface area contributed by atoms with E-state index < -0.39 is 35.8 Å². The Morgan fingerprint density at radius 2 is 2.00 bits per heavy atom. The third-order valence-corrected chi connectivity index (χ3v) is 3.62. The number of hydroxylamine groups is 2. The number of aliphatic hydroxyl groups excluding tert-OH is 2. The standard InChI is InChI=1S/C14H23N3O7/c1-8-6-17(14(21)15-12(8)20)13-11(19)10(18)9(24-13)7-22-4-5-23-16(2)3/h6,9-11,13,18-19H,4-5,7H2,1-3H3,(H,15,20,21)/t9-,10-,11+,13-/m1/s1. The van der Waals surface area contributed by atoms with Gasteiger partial charge in [0.2, 0.25) is 0 Å². The van der Waals surface area contributed by atoms with Gasteiger partial charge in [0, 0.05) is 25.9 Å².